The molecule has 8 heteroatoms. The molecule has 0 fully saturated rings. The van der Waals surface area contributed by atoms with Gasteiger partial charge in [0.05, 0.1) is 12.0 Å². The van der Waals surface area contributed by atoms with E-state index < -0.39 is 47.6 Å². The van der Waals surface area contributed by atoms with Crippen LogP contribution in [-0.2, 0) is 16.0 Å². The molecule has 0 bridgehead atoms. The number of alkyl carbamates (subject to hydrolysis) is 1. The summed E-state index contributed by atoms with van der Waals surface area (Å²) in [5, 5.41) is 13.0. The highest BCUT2D eigenvalue weighted by atomic mass is 19.2. The molecule has 1 atom stereocenters. The molecule has 0 saturated heterocycles. The van der Waals surface area contributed by atoms with Crippen molar-refractivity contribution in [2.45, 2.75) is 38.8 Å². The number of carbonyl (C=O) groups excluding carboxylic acids is 2. The largest absolute Gasteiger partial charge is 0.548 e. The highest BCUT2D eigenvalue weighted by Crippen LogP contribution is 2.15. The second kappa shape index (κ2) is 6.67. The van der Waals surface area contributed by atoms with Gasteiger partial charge in [-0.15, -0.1) is 0 Å². The van der Waals surface area contributed by atoms with E-state index in [0.29, 0.717) is 12.1 Å². The standard InChI is InChI=1S/C14H16F3NO4/c1-14(2,3)22-13(21)18-10(12(19)20)6-7-4-8(15)11(17)9(16)5-7/h4-5,10H,6H2,1-3H3,(H,18,21)(H,19,20)/p-1/t10-/m1/s1. The Morgan fingerprint density at radius 1 is 1.23 bits per heavy atom. The average molecular weight is 318 g/mol. The molecule has 0 heterocycles. The highest BCUT2D eigenvalue weighted by molar-refractivity contribution is 5.79. The van der Waals surface area contributed by atoms with Crippen molar-refractivity contribution in [3.63, 3.8) is 0 Å². The van der Waals surface area contributed by atoms with Gasteiger partial charge in [-0.1, -0.05) is 0 Å². The Morgan fingerprint density at radius 3 is 2.14 bits per heavy atom. The Bertz CT molecular complexity index is 561. The van der Waals surface area contributed by atoms with Crippen LogP contribution < -0.4 is 10.4 Å². The summed E-state index contributed by atoms with van der Waals surface area (Å²) < 4.78 is 43.9. The molecular weight excluding hydrogens is 303 g/mol. The fourth-order valence-electron chi connectivity index (χ4n) is 1.60. The lowest BCUT2D eigenvalue weighted by Crippen LogP contribution is -2.50. The van der Waals surface area contributed by atoms with Crippen LogP contribution in [0.25, 0.3) is 0 Å². The summed E-state index contributed by atoms with van der Waals surface area (Å²) in [7, 11) is 0. The number of hydrogen-bond donors (Lipinski definition) is 1. The molecule has 0 aliphatic carbocycles. The SMILES string of the molecule is CC(C)(C)OC(=O)N[C@H](Cc1cc(F)c(F)c(F)c1)C(=O)[O-]. The first-order chi connectivity index (χ1) is 9.99. The molecule has 1 aromatic carbocycles. The molecule has 0 aromatic heterocycles. The molecule has 0 radical (unpaired) electrons. The number of aliphatic carboxylic acids is 1. The van der Waals surface area contributed by atoms with Crippen molar-refractivity contribution < 1.29 is 32.6 Å². The van der Waals surface area contributed by atoms with Gasteiger partial charge in [0.25, 0.3) is 0 Å². The summed E-state index contributed by atoms with van der Waals surface area (Å²) >= 11 is 0. The van der Waals surface area contributed by atoms with Crippen LogP contribution in [-0.4, -0.2) is 23.7 Å². The molecule has 0 saturated carbocycles. The Hall–Kier alpha value is -2.25. The summed E-state index contributed by atoms with van der Waals surface area (Å²) in [6.45, 7) is 4.72. The van der Waals surface area contributed by atoms with Gasteiger partial charge < -0.3 is 20.0 Å². The lowest BCUT2D eigenvalue weighted by Gasteiger charge is -2.24. The van der Waals surface area contributed by atoms with Crippen LogP contribution in [0.4, 0.5) is 18.0 Å². The Labute approximate surface area is 125 Å². The number of ether oxygens (including phenoxy) is 1. The molecule has 122 valence electrons. The summed E-state index contributed by atoms with van der Waals surface area (Å²) in [4.78, 5) is 22.5. The van der Waals surface area contributed by atoms with E-state index in [0.717, 1.165) is 0 Å². The lowest BCUT2D eigenvalue weighted by molar-refractivity contribution is -0.308. The zero-order chi connectivity index (χ0) is 17.1. The summed E-state index contributed by atoms with van der Waals surface area (Å²) in [6.07, 6.45) is -1.51. The van der Waals surface area contributed by atoms with E-state index in [1.165, 1.54) is 0 Å². The van der Waals surface area contributed by atoms with Gasteiger partial charge >= 0.3 is 6.09 Å². The van der Waals surface area contributed by atoms with Crippen LogP contribution in [0.1, 0.15) is 26.3 Å². The third-order valence-electron chi connectivity index (χ3n) is 2.46. The van der Waals surface area contributed by atoms with E-state index in [1.54, 1.807) is 20.8 Å². The fourth-order valence-corrected chi connectivity index (χ4v) is 1.60. The Morgan fingerprint density at radius 2 is 1.73 bits per heavy atom. The van der Waals surface area contributed by atoms with Crippen molar-refractivity contribution in [3.05, 3.63) is 35.1 Å². The first kappa shape index (κ1) is 17.8. The summed E-state index contributed by atoms with van der Waals surface area (Å²) in [5.41, 5.74) is -1.00. The number of nitrogens with one attached hydrogen (secondary N) is 1. The number of benzene rings is 1. The van der Waals surface area contributed by atoms with Crippen molar-refractivity contribution in [1.29, 1.82) is 0 Å². The van der Waals surface area contributed by atoms with Crippen LogP contribution in [0, 0.1) is 17.5 Å². The predicted octanol–water partition coefficient (Wildman–Crippen LogP) is 1.29. The Kier molecular flexibility index (Phi) is 5.40. The van der Waals surface area contributed by atoms with E-state index in [4.69, 9.17) is 4.74 Å². The van der Waals surface area contributed by atoms with Crippen LogP contribution in [0.3, 0.4) is 0 Å². The van der Waals surface area contributed by atoms with Crippen LogP contribution in [0.15, 0.2) is 12.1 Å². The minimum atomic E-state index is -1.67. The van der Waals surface area contributed by atoms with E-state index in [9.17, 15) is 27.9 Å². The quantitative estimate of drug-likeness (QED) is 0.849. The van der Waals surface area contributed by atoms with Crippen LogP contribution in [0.5, 0.6) is 0 Å². The molecule has 22 heavy (non-hydrogen) atoms. The third kappa shape index (κ3) is 5.27. The predicted molar refractivity (Wildman–Crippen MR) is 68.2 cm³/mol. The number of carbonyl (C=O) groups is 2. The van der Waals surface area contributed by atoms with Gasteiger partial charge in [-0.25, -0.2) is 18.0 Å². The maximum absolute atomic E-state index is 13.1. The minimum absolute atomic E-state index is 0.151. The maximum Gasteiger partial charge on any atom is 0.408 e. The van der Waals surface area contributed by atoms with Gasteiger partial charge in [0.2, 0.25) is 0 Å². The first-order valence-electron chi connectivity index (χ1n) is 6.33. The van der Waals surface area contributed by atoms with Crippen molar-refractivity contribution in [3.8, 4) is 0 Å². The second-order valence-corrected chi connectivity index (χ2v) is 5.60. The van der Waals surface area contributed by atoms with Gasteiger partial charge in [0.15, 0.2) is 17.5 Å². The maximum atomic E-state index is 13.1. The molecule has 0 spiro atoms. The van der Waals surface area contributed by atoms with Gasteiger partial charge in [0, 0.05) is 0 Å². The molecule has 1 N–H and O–H groups in total. The number of carboxylic acid groups (broad SMARTS) is 1. The molecule has 5 nitrogen and oxygen atoms in total. The number of carboxylic acids is 1. The zero-order valence-electron chi connectivity index (χ0n) is 12.2. The molecule has 0 aliphatic heterocycles. The topological polar surface area (TPSA) is 78.5 Å². The van der Waals surface area contributed by atoms with Crippen molar-refractivity contribution >= 4 is 12.1 Å². The van der Waals surface area contributed by atoms with E-state index in [-0.39, 0.29) is 5.56 Å². The number of hydrogen-bond acceptors (Lipinski definition) is 4. The van der Waals surface area contributed by atoms with Crippen molar-refractivity contribution in [2.24, 2.45) is 0 Å². The third-order valence-corrected chi connectivity index (χ3v) is 2.46. The highest BCUT2D eigenvalue weighted by Gasteiger charge is 2.21. The van der Waals surface area contributed by atoms with Crippen LogP contribution in [0.2, 0.25) is 0 Å². The van der Waals surface area contributed by atoms with E-state index in [1.807, 2.05) is 5.32 Å². The summed E-state index contributed by atoms with van der Waals surface area (Å²) in [5.74, 6) is -6.24. The lowest BCUT2D eigenvalue weighted by atomic mass is 10.1. The van der Waals surface area contributed by atoms with Gasteiger partial charge in [-0.2, -0.15) is 0 Å². The number of halogens is 3. The molecule has 0 aliphatic rings. The summed E-state index contributed by atoms with van der Waals surface area (Å²) in [6, 6.07) is -0.296. The first-order valence-corrected chi connectivity index (χ1v) is 6.33. The molecule has 1 aromatic rings. The molecular formula is C14H15F3NO4-. The number of rotatable bonds is 4. The second-order valence-electron chi connectivity index (χ2n) is 5.60. The average Bonchev–Trinajstić information content (AvgIpc) is 2.32. The normalized spacial score (nSPS) is 12.6. The zero-order valence-corrected chi connectivity index (χ0v) is 12.2. The smallest absolute Gasteiger partial charge is 0.408 e. The Balaban J connectivity index is 2.85. The molecule has 0 unspecified atom stereocenters. The molecule has 1 rings (SSSR count). The minimum Gasteiger partial charge on any atom is -0.548 e. The van der Waals surface area contributed by atoms with Crippen molar-refractivity contribution in [1.82, 2.24) is 5.32 Å². The fraction of sp³-hybridized carbons (Fsp3) is 0.429. The number of amides is 1. The monoisotopic (exact) mass is 318 g/mol. The molecule has 1 amide bonds. The van der Waals surface area contributed by atoms with Gasteiger partial charge in [0.1, 0.15) is 5.60 Å². The van der Waals surface area contributed by atoms with Crippen molar-refractivity contribution in [2.75, 3.05) is 0 Å². The van der Waals surface area contributed by atoms with Crippen LogP contribution >= 0.6 is 0 Å². The van der Waals surface area contributed by atoms with E-state index in [2.05, 4.69) is 0 Å². The van der Waals surface area contributed by atoms with E-state index >= 15 is 0 Å². The van der Waals surface area contributed by atoms with Gasteiger partial charge in [-0.3, -0.25) is 0 Å². The van der Waals surface area contributed by atoms with Gasteiger partial charge in [-0.05, 0) is 44.9 Å².